The zero-order chi connectivity index (χ0) is 18.5. The second-order valence-electron chi connectivity index (χ2n) is 5.84. The maximum Gasteiger partial charge on any atom is 0.331 e. The quantitative estimate of drug-likeness (QED) is 0.663. The SMILES string of the molecule is C[C@@H]1CC(=O)Nc2ccccc2N1C(=O)COC(=O)/C=C/c1cccs1. The third-order valence-corrected chi connectivity index (χ3v) is 4.73. The zero-order valence-corrected chi connectivity index (χ0v) is 15.0. The minimum atomic E-state index is -0.586. The monoisotopic (exact) mass is 370 g/mol. The number of amides is 2. The van der Waals surface area contributed by atoms with E-state index in [2.05, 4.69) is 5.32 Å². The van der Waals surface area contributed by atoms with Crippen LogP contribution in [0, 0.1) is 0 Å². The highest BCUT2D eigenvalue weighted by molar-refractivity contribution is 7.10. The second-order valence-corrected chi connectivity index (χ2v) is 6.82. The number of carbonyl (C=O) groups is 3. The molecule has 0 fully saturated rings. The van der Waals surface area contributed by atoms with Crippen molar-refractivity contribution >= 4 is 46.6 Å². The lowest BCUT2D eigenvalue weighted by Crippen LogP contribution is -2.41. The first kappa shape index (κ1) is 17.9. The predicted molar refractivity (Wildman–Crippen MR) is 101 cm³/mol. The fourth-order valence-electron chi connectivity index (χ4n) is 2.75. The maximum absolute atomic E-state index is 12.7. The number of para-hydroxylation sites is 2. The number of nitrogens with one attached hydrogen (secondary N) is 1. The van der Waals surface area contributed by atoms with E-state index in [-0.39, 0.29) is 30.9 Å². The first-order valence-corrected chi connectivity index (χ1v) is 9.02. The Labute approximate surface area is 155 Å². The Morgan fingerprint density at radius 3 is 2.88 bits per heavy atom. The van der Waals surface area contributed by atoms with Gasteiger partial charge in [-0.2, -0.15) is 0 Å². The average Bonchev–Trinajstić information content (AvgIpc) is 3.09. The second kappa shape index (κ2) is 7.97. The van der Waals surface area contributed by atoms with Gasteiger partial charge in [0, 0.05) is 23.4 Å². The lowest BCUT2D eigenvalue weighted by molar-refractivity contribution is -0.143. The number of benzene rings is 1. The Bertz CT molecular complexity index is 845. The van der Waals surface area contributed by atoms with Crippen LogP contribution in [0.2, 0.25) is 0 Å². The van der Waals surface area contributed by atoms with Crippen LogP contribution < -0.4 is 10.2 Å². The zero-order valence-electron chi connectivity index (χ0n) is 14.2. The van der Waals surface area contributed by atoms with Crippen molar-refractivity contribution in [3.8, 4) is 0 Å². The van der Waals surface area contributed by atoms with Crippen molar-refractivity contribution in [2.45, 2.75) is 19.4 Å². The Morgan fingerprint density at radius 2 is 2.12 bits per heavy atom. The summed E-state index contributed by atoms with van der Waals surface area (Å²) in [5.41, 5.74) is 1.17. The van der Waals surface area contributed by atoms with Gasteiger partial charge in [0.1, 0.15) is 0 Å². The number of nitrogens with zero attached hydrogens (tertiary/aromatic N) is 1. The molecule has 0 bridgehead atoms. The van der Waals surface area contributed by atoms with Gasteiger partial charge in [-0.25, -0.2) is 4.79 Å². The van der Waals surface area contributed by atoms with Crippen LogP contribution in [-0.4, -0.2) is 30.4 Å². The fourth-order valence-corrected chi connectivity index (χ4v) is 3.37. The molecule has 1 aliphatic heterocycles. The van der Waals surface area contributed by atoms with Gasteiger partial charge >= 0.3 is 5.97 Å². The van der Waals surface area contributed by atoms with Crippen molar-refractivity contribution in [3.63, 3.8) is 0 Å². The molecule has 2 aromatic rings. The third-order valence-electron chi connectivity index (χ3n) is 3.89. The van der Waals surface area contributed by atoms with Gasteiger partial charge in [0.05, 0.1) is 11.4 Å². The minimum absolute atomic E-state index is 0.156. The van der Waals surface area contributed by atoms with Crippen LogP contribution in [0.25, 0.3) is 6.08 Å². The highest BCUT2D eigenvalue weighted by atomic mass is 32.1. The largest absolute Gasteiger partial charge is 0.452 e. The van der Waals surface area contributed by atoms with Gasteiger partial charge in [-0.3, -0.25) is 9.59 Å². The molecule has 2 heterocycles. The van der Waals surface area contributed by atoms with Crippen molar-refractivity contribution in [2.75, 3.05) is 16.8 Å². The summed E-state index contributed by atoms with van der Waals surface area (Å²) in [7, 11) is 0. The van der Waals surface area contributed by atoms with E-state index in [4.69, 9.17) is 4.74 Å². The summed E-state index contributed by atoms with van der Waals surface area (Å²) >= 11 is 1.50. The summed E-state index contributed by atoms with van der Waals surface area (Å²) in [4.78, 5) is 38.9. The number of rotatable bonds is 4. The molecule has 3 rings (SSSR count). The molecule has 1 aliphatic rings. The van der Waals surface area contributed by atoms with Gasteiger partial charge in [-0.1, -0.05) is 18.2 Å². The molecule has 0 saturated heterocycles. The molecule has 0 radical (unpaired) electrons. The number of anilines is 2. The molecule has 1 atom stereocenters. The summed E-state index contributed by atoms with van der Waals surface area (Å²) in [5, 5.41) is 4.69. The Balaban J connectivity index is 1.68. The molecular weight excluding hydrogens is 352 g/mol. The normalized spacial score (nSPS) is 16.7. The van der Waals surface area contributed by atoms with Gasteiger partial charge in [-0.05, 0) is 36.6 Å². The number of hydrogen-bond donors (Lipinski definition) is 1. The molecule has 1 N–H and O–H groups in total. The third kappa shape index (κ3) is 4.18. The number of fused-ring (bicyclic) bond motifs is 1. The Kier molecular flexibility index (Phi) is 5.48. The minimum Gasteiger partial charge on any atom is -0.452 e. The summed E-state index contributed by atoms with van der Waals surface area (Å²) in [5.74, 6) is -1.12. The van der Waals surface area contributed by atoms with Crippen molar-refractivity contribution in [2.24, 2.45) is 0 Å². The van der Waals surface area contributed by atoms with E-state index in [1.807, 2.05) is 17.5 Å². The molecule has 0 unspecified atom stereocenters. The van der Waals surface area contributed by atoms with Crippen LogP contribution >= 0.6 is 11.3 Å². The van der Waals surface area contributed by atoms with Crippen LogP contribution in [0.5, 0.6) is 0 Å². The number of carbonyl (C=O) groups excluding carboxylic acids is 3. The highest BCUT2D eigenvalue weighted by Gasteiger charge is 2.29. The first-order chi connectivity index (χ1) is 12.5. The van der Waals surface area contributed by atoms with Gasteiger partial charge < -0.3 is 15.0 Å². The van der Waals surface area contributed by atoms with Crippen LogP contribution in [0.3, 0.4) is 0 Å². The van der Waals surface area contributed by atoms with Gasteiger partial charge in [0.2, 0.25) is 5.91 Å². The van der Waals surface area contributed by atoms with E-state index in [0.717, 1.165) is 4.88 Å². The van der Waals surface area contributed by atoms with Crippen LogP contribution in [0.15, 0.2) is 47.9 Å². The van der Waals surface area contributed by atoms with E-state index in [0.29, 0.717) is 11.4 Å². The van der Waals surface area contributed by atoms with Crippen LogP contribution in [-0.2, 0) is 19.1 Å². The molecule has 2 amide bonds. The number of esters is 1. The van der Waals surface area contributed by atoms with Gasteiger partial charge in [-0.15, -0.1) is 11.3 Å². The molecule has 0 saturated carbocycles. The standard InChI is InChI=1S/C19H18N2O4S/c1-13-11-17(22)20-15-6-2-3-7-16(15)21(13)18(23)12-25-19(24)9-8-14-5-4-10-26-14/h2-10,13H,11-12H2,1H3,(H,20,22)/b9-8+/t13-/m1/s1. The fraction of sp³-hybridized carbons (Fsp3) is 0.211. The summed E-state index contributed by atoms with van der Waals surface area (Å²) in [6, 6.07) is 10.5. The van der Waals surface area contributed by atoms with Crippen molar-refractivity contribution in [1.82, 2.24) is 0 Å². The Morgan fingerprint density at radius 1 is 1.31 bits per heavy atom. The van der Waals surface area contributed by atoms with E-state index in [1.165, 1.54) is 22.3 Å². The maximum atomic E-state index is 12.7. The lowest BCUT2D eigenvalue weighted by Gasteiger charge is -2.27. The molecular formula is C19H18N2O4S. The van der Waals surface area contributed by atoms with Crippen molar-refractivity contribution in [1.29, 1.82) is 0 Å². The average molecular weight is 370 g/mol. The van der Waals surface area contributed by atoms with E-state index < -0.39 is 5.97 Å². The molecule has 0 aliphatic carbocycles. The molecule has 1 aromatic heterocycles. The van der Waals surface area contributed by atoms with Crippen molar-refractivity contribution < 1.29 is 19.1 Å². The van der Waals surface area contributed by atoms with E-state index in [1.54, 1.807) is 37.3 Å². The van der Waals surface area contributed by atoms with E-state index in [9.17, 15) is 14.4 Å². The van der Waals surface area contributed by atoms with Gasteiger partial charge in [0.15, 0.2) is 6.61 Å². The summed E-state index contributed by atoms with van der Waals surface area (Å²) in [6.45, 7) is 1.40. The molecule has 0 spiro atoms. The lowest BCUT2D eigenvalue weighted by atomic mass is 10.1. The van der Waals surface area contributed by atoms with E-state index >= 15 is 0 Å². The molecule has 26 heavy (non-hydrogen) atoms. The summed E-state index contributed by atoms with van der Waals surface area (Å²) < 4.78 is 5.07. The molecule has 1 aromatic carbocycles. The topological polar surface area (TPSA) is 75.7 Å². The number of ether oxygens (including phenoxy) is 1. The first-order valence-electron chi connectivity index (χ1n) is 8.14. The predicted octanol–water partition coefficient (Wildman–Crippen LogP) is 3.07. The summed E-state index contributed by atoms with van der Waals surface area (Å²) in [6.07, 6.45) is 3.11. The molecule has 7 heteroatoms. The molecule has 6 nitrogen and oxygen atoms in total. The number of thiophene rings is 1. The van der Waals surface area contributed by atoms with Gasteiger partial charge in [0.25, 0.3) is 5.91 Å². The molecule has 134 valence electrons. The van der Waals surface area contributed by atoms with Crippen molar-refractivity contribution in [3.05, 3.63) is 52.7 Å². The Hall–Kier alpha value is -2.93. The smallest absolute Gasteiger partial charge is 0.331 e. The number of hydrogen-bond acceptors (Lipinski definition) is 5. The van der Waals surface area contributed by atoms with Crippen LogP contribution in [0.1, 0.15) is 18.2 Å². The van der Waals surface area contributed by atoms with Crippen LogP contribution in [0.4, 0.5) is 11.4 Å². The highest BCUT2D eigenvalue weighted by Crippen LogP contribution is 2.31.